The molecule has 5 atom stereocenters. The van der Waals surface area contributed by atoms with E-state index in [9.17, 15) is 13.2 Å². The van der Waals surface area contributed by atoms with Gasteiger partial charge in [-0.05, 0) is 70.1 Å². The van der Waals surface area contributed by atoms with Gasteiger partial charge in [-0.15, -0.1) is 0 Å². The molecular formula is C18H30O5S. The molecule has 5 unspecified atom stereocenters. The first-order valence-corrected chi connectivity index (χ1v) is 10.9. The Bertz CT molecular complexity index is 611. The van der Waals surface area contributed by atoms with Crippen molar-refractivity contribution in [3.05, 3.63) is 0 Å². The first-order chi connectivity index (χ1) is 11.1. The summed E-state index contributed by atoms with van der Waals surface area (Å²) in [5.41, 5.74) is -1.27. The van der Waals surface area contributed by atoms with Gasteiger partial charge in [-0.3, -0.25) is 9.35 Å². The van der Waals surface area contributed by atoms with E-state index in [1.807, 2.05) is 0 Å². The predicted molar refractivity (Wildman–Crippen MR) is 91.0 cm³/mol. The van der Waals surface area contributed by atoms with Crippen LogP contribution in [0.4, 0.5) is 0 Å². The standard InChI is InChI=1S/C18H30O5S/c1-4-18(11-12-10-15(18)14-7-5-6-13(12)14)23-16(19)17(2,3)8-9-24(20,21)22/h12-15H,4-11H2,1-3H3,(H,20,21,22). The van der Waals surface area contributed by atoms with Crippen molar-refractivity contribution in [2.24, 2.45) is 29.1 Å². The number of esters is 1. The Morgan fingerprint density at radius 3 is 2.58 bits per heavy atom. The monoisotopic (exact) mass is 358 g/mol. The molecule has 1 N–H and O–H groups in total. The van der Waals surface area contributed by atoms with E-state index < -0.39 is 21.3 Å². The highest BCUT2D eigenvalue weighted by Gasteiger charge is 2.62. The lowest BCUT2D eigenvalue weighted by molar-refractivity contribution is -0.181. The molecule has 0 aromatic heterocycles. The minimum atomic E-state index is -4.07. The van der Waals surface area contributed by atoms with Crippen LogP contribution in [-0.4, -0.2) is 30.3 Å². The molecule has 0 saturated heterocycles. The van der Waals surface area contributed by atoms with Gasteiger partial charge in [0.25, 0.3) is 10.1 Å². The van der Waals surface area contributed by atoms with Crippen LogP contribution in [0.25, 0.3) is 0 Å². The molecule has 0 aromatic rings. The SMILES string of the molecule is CCC1(OC(=O)C(C)(C)CCS(=O)(=O)O)CC2CC1C1CCCC21. The molecule has 3 fully saturated rings. The van der Waals surface area contributed by atoms with Crippen LogP contribution < -0.4 is 0 Å². The lowest BCUT2D eigenvalue weighted by atomic mass is 9.71. The van der Waals surface area contributed by atoms with Gasteiger partial charge < -0.3 is 4.74 Å². The minimum Gasteiger partial charge on any atom is -0.458 e. The Kier molecular flexibility index (Phi) is 4.53. The van der Waals surface area contributed by atoms with Crippen molar-refractivity contribution >= 4 is 16.1 Å². The van der Waals surface area contributed by atoms with Crippen LogP contribution >= 0.6 is 0 Å². The quantitative estimate of drug-likeness (QED) is 0.581. The number of hydrogen-bond acceptors (Lipinski definition) is 4. The molecule has 3 aliphatic rings. The second kappa shape index (κ2) is 5.97. The van der Waals surface area contributed by atoms with E-state index in [0.29, 0.717) is 17.8 Å². The van der Waals surface area contributed by atoms with Gasteiger partial charge in [0, 0.05) is 5.92 Å². The van der Waals surface area contributed by atoms with E-state index in [0.717, 1.165) is 18.8 Å². The van der Waals surface area contributed by atoms with Gasteiger partial charge in [0.1, 0.15) is 5.60 Å². The zero-order chi connectivity index (χ0) is 17.8. The highest BCUT2D eigenvalue weighted by Crippen LogP contribution is 2.64. The van der Waals surface area contributed by atoms with Gasteiger partial charge in [0.2, 0.25) is 0 Å². The Labute approximate surface area is 145 Å². The molecule has 2 bridgehead atoms. The van der Waals surface area contributed by atoms with Crippen molar-refractivity contribution in [2.75, 3.05) is 5.75 Å². The second-order valence-electron chi connectivity index (χ2n) is 8.79. The molecule has 3 rings (SSSR count). The zero-order valence-electron chi connectivity index (χ0n) is 15.0. The number of carbonyl (C=O) groups is 1. The van der Waals surface area contributed by atoms with Crippen LogP contribution in [0.2, 0.25) is 0 Å². The van der Waals surface area contributed by atoms with Crippen LogP contribution in [0, 0.1) is 29.1 Å². The van der Waals surface area contributed by atoms with E-state index in [1.54, 1.807) is 13.8 Å². The largest absolute Gasteiger partial charge is 0.458 e. The summed E-state index contributed by atoms with van der Waals surface area (Å²) in [6.45, 7) is 5.51. The molecule has 24 heavy (non-hydrogen) atoms. The maximum atomic E-state index is 12.8. The second-order valence-corrected chi connectivity index (χ2v) is 10.4. The summed E-state index contributed by atoms with van der Waals surface area (Å²) in [5, 5.41) is 0. The molecule has 6 heteroatoms. The van der Waals surface area contributed by atoms with Crippen LogP contribution in [0.5, 0.6) is 0 Å². The maximum Gasteiger partial charge on any atom is 0.312 e. The maximum absolute atomic E-state index is 12.8. The fourth-order valence-electron chi connectivity index (χ4n) is 5.62. The molecule has 0 radical (unpaired) electrons. The summed E-state index contributed by atoms with van der Waals surface area (Å²) < 4.78 is 37.1. The smallest absolute Gasteiger partial charge is 0.312 e. The number of fused-ring (bicyclic) bond motifs is 5. The number of carbonyl (C=O) groups excluding carboxylic acids is 1. The highest BCUT2D eigenvalue weighted by atomic mass is 32.2. The molecule has 0 amide bonds. The van der Waals surface area contributed by atoms with Crippen molar-refractivity contribution in [1.29, 1.82) is 0 Å². The Morgan fingerprint density at radius 2 is 1.96 bits per heavy atom. The Hall–Kier alpha value is -0.620. The normalized spacial score (nSPS) is 38.3. The van der Waals surface area contributed by atoms with Gasteiger partial charge in [0.05, 0.1) is 11.2 Å². The molecule has 0 aromatic carbocycles. The molecule has 0 aliphatic heterocycles. The van der Waals surface area contributed by atoms with Crippen molar-refractivity contribution in [3.8, 4) is 0 Å². The van der Waals surface area contributed by atoms with Gasteiger partial charge in [-0.2, -0.15) is 8.42 Å². The van der Waals surface area contributed by atoms with Crippen molar-refractivity contribution in [2.45, 2.75) is 71.3 Å². The summed E-state index contributed by atoms with van der Waals surface area (Å²) >= 11 is 0. The summed E-state index contributed by atoms with van der Waals surface area (Å²) in [5.74, 6) is 1.97. The first kappa shape index (κ1) is 18.2. The van der Waals surface area contributed by atoms with Crippen LogP contribution in [-0.2, 0) is 19.6 Å². The summed E-state index contributed by atoms with van der Waals surface area (Å²) in [4.78, 5) is 12.8. The lowest BCUT2D eigenvalue weighted by Crippen LogP contribution is -2.47. The number of rotatable bonds is 6. The fraction of sp³-hybridized carbons (Fsp3) is 0.944. The summed E-state index contributed by atoms with van der Waals surface area (Å²) in [6.07, 6.45) is 6.95. The first-order valence-electron chi connectivity index (χ1n) is 9.26. The van der Waals surface area contributed by atoms with E-state index in [4.69, 9.17) is 9.29 Å². The van der Waals surface area contributed by atoms with Gasteiger partial charge >= 0.3 is 5.97 Å². The molecule has 3 saturated carbocycles. The third kappa shape index (κ3) is 3.12. The highest BCUT2D eigenvalue weighted by molar-refractivity contribution is 7.85. The fourth-order valence-corrected chi connectivity index (χ4v) is 6.39. The molecule has 3 aliphatic carbocycles. The van der Waals surface area contributed by atoms with E-state index in [2.05, 4.69) is 6.92 Å². The van der Waals surface area contributed by atoms with Gasteiger partial charge in [-0.1, -0.05) is 13.3 Å². The van der Waals surface area contributed by atoms with E-state index in [1.165, 1.54) is 25.7 Å². The molecule has 138 valence electrons. The number of hydrogen-bond donors (Lipinski definition) is 1. The van der Waals surface area contributed by atoms with Gasteiger partial charge in [0.15, 0.2) is 0 Å². The Morgan fingerprint density at radius 1 is 1.29 bits per heavy atom. The van der Waals surface area contributed by atoms with Crippen molar-refractivity contribution < 1.29 is 22.5 Å². The third-order valence-electron chi connectivity index (χ3n) is 7.02. The van der Waals surface area contributed by atoms with Crippen molar-refractivity contribution in [1.82, 2.24) is 0 Å². The van der Waals surface area contributed by atoms with Crippen LogP contribution in [0.1, 0.15) is 65.7 Å². The van der Waals surface area contributed by atoms with E-state index >= 15 is 0 Å². The molecule has 0 heterocycles. The molecular weight excluding hydrogens is 328 g/mol. The average Bonchev–Trinajstić information content (AvgIpc) is 3.15. The van der Waals surface area contributed by atoms with E-state index in [-0.39, 0.29) is 18.0 Å². The number of ether oxygens (including phenoxy) is 1. The summed E-state index contributed by atoms with van der Waals surface area (Å²) in [7, 11) is -4.07. The minimum absolute atomic E-state index is 0.0740. The van der Waals surface area contributed by atoms with Crippen LogP contribution in [0.15, 0.2) is 0 Å². The topological polar surface area (TPSA) is 80.7 Å². The third-order valence-corrected chi connectivity index (χ3v) is 7.74. The average molecular weight is 359 g/mol. The Balaban J connectivity index is 1.70. The van der Waals surface area contributed by atoms with Gasteiger partial charge in [-0.25, -0.2) is 0 Å². The zero-order valence-corrected chi connectivity index (χ0v) is 15.8. The van der Waals surface area contributed by atoms with Crippen LogP contribution in [0.3, 0.4) is 0 Å². The summed E-state index contributed by atoms with van der Waals surface area (Å²) in [6, 6.07) is 0. The predicted octanol–water partition coefficient (Wildman–Crippen LogP) is 3.44. The molecule has 0 spiro atoms. The molecule has 5 nitrogen and oxygen atoms in total. The lowest BCUT2D eigenvalue weighted by Gasteiger charge is -2.43. The van der Waals surface area contributed by atoms with Crippen molar-refractivity contribution in [3.63, 3.8) is 0 Å².